The molecule has 1 N–H and O–H groups in total. The predicted octanol–water partition coefficient (Wildman–Crippen LogP) is 3.70. The highest BCUT2D eigenvalue weighted by Gasteiger charge is 2.29. The Balaban J connectivity index is 1.70. The lowest BCUT2D eigenvalue weighted by Gasteiger charge is -2.13. The Labute approximate surface area is 150 Å². The largest absolute Gasteiger partial charge is 0.322 e. The fraction of sp³-hybridized carbons (Fsp3) is 0.211. The van der Waals surface area contributed by atoms with Crippen molar-refractivity contribution >= 4 is 34.5 Å². The molecule has 0 bridgehead atoms. The molecule has 128 valence electrons. The van der Waals surface area contributed by atoms with E-state index in [9.17, 15) is 14.4 Å². The number of imide groups is 1. The minimum Gasteiger partial charge on any atom is -0.322 e. The fourth-order valence-corrected chi connectivity index (χ4v) is 3.28. The number of nitrogens with zero attached hydrogens (tertiary/aromatic N) is 1. The number of benzene rings is 2. The van der Waals surface area contributed by atoms with Crippen molar-refractivity contribution in [2.24, 2.45) is 0 Å². The van der Waals surface area contributed by atoms with Crippen molar-refractivity contribution in [1.82, 2.24) is 4.90 Å². The summed E-state index contributed by atoms with van der Waals surface area (Å²) in [6, 6.07) is 14.7. The number of hydrogen-bond donors (Lipinski definition) is 1. The summed E-state index contributed by atoms with van der Waals surface area (Å²) < 4.78 is 0. The van der Waals surface area contributed by atoms with E-state index in [0.717, 1.165) is 29.4 Å². The van der Waals surface area contributed by atoms with Crippen molar-refractivity contribution < 1.29 is 14.4 Å². The molecule has 0 atom stereocenters. The van der Waals surface area contributed by atoms with Gasteiger partial charge in [-0.2, -0.15) is 0 Å². The summed E-state index contributed by atoms with van der Waals surface area (Å²) in [5.41, 5.74) is 3.17. The Morgan fingerprint density at radius 1 is 1.12 bits per heavy atom. The number of carbonyl (C=O) groups excluding carboxylic acids is 3. The van der Waals surface area contributed by atoms with Crippen molar-refractivity contribution in [3.63, 3.8) is 0 Å². The molecule has 2 aromatic carbocycles. The minimum absolute atomic E-state index is 0.187. The Morgan fingerprint density at radius 2 is 1.88 bits per heavy atom. The molecular weight excluding hydrogens is 336 g/mol. The third-order valence-corrected chi connectivity index (χ3v) is 4.85. The second kappa shape index (κ2) is 7.53. The fourth-order valence-electron chi connectivity index (χ4n) is 2.55. The quantitative estimate of drug-likeness (QED) is 0.889. The molecule has 25 heavy (non-hydrogen) atoms. The second-order valence-corrected chi connectivity index (χ2v) is 6.67. The molecule has 1 aliphatic heterocycles. The number of rotatable bonds is 5. The number of aryl methyl sites for hydroxylation is 1. The van der Waals surface area contributed by atoms with Gasteiger partial charge >= 0.3 is 0 Å². The lowest BCUT2D eigenvalue weighted by atomic mass is 10.1. The Morgan fingerprint density at radius 3 is 2.52 bits per heavy atom. The first-order chi connectivity index (χ1) is 12.1. The van der Waals surface area contributed by atoms with Crippen LogP contribution in [0.1, 0.15) is 28.4 Å². The van der Waals surface area contributed by atoms with Gasteiger partial charge in [0.2, 0.25) is 5.91 Å². The van der Waals surface area contributed by atoms with Crippen LogP contribution in [0.3, 0.4) is 0 Å². The van der Waals surface area contributed by atoms with Gasteiger partial charge in [0.05, 0.1) is 12.3 Å². The number of thioether (sulfide) groups is 1. The van der Waals surface area contributed by atoms with Crippen molar-refractivity contribution in [2.75, 3.05) is 11.1 Å². The lowest BCUT2D eigenvalue weighted by Crippen LogP contribution is -2.28. The maximum absolute atomic E-state index is 12.4. The van der Waals surface area contributed by atoms with Gasteiger partial charge in [-0.05, 0) is 41.8 Å². The summed E-state index contributed by atoms with van der Waals surface area (Å²) in [5, 5.41) is 2.62. The van der Waals surface area contributed by atoms with E-state index < -0.39 is 0 Å². The van der Waals surface area contributed by atoms with Gasteiger partial charge in [0.15, 0.2) is 0 Å². The smallest absolute Gasteiger partial charge is 0.289 e. The molecule has 0 spiro atoms. The van der Waals surface area contributed by atoms with Crippen LogP contribution in [0.25, 0.3) is 0 Å². The highest BCUT2D eigenvalue weighted by Crippen LogP contribution is 2.21. The third-order valence-electron chi connectivity index (χ3n) is 3.99. The maximum atomic E-state index is 12.4. The zero-order valence-corrected chi connectivity index (χ0v) is 14.6. The van der Waals surface area contributed by atoms with Crippen LogP contribution in [0, 0.1) is 0 Å². The molecule has 0 saturated carbocycles. The van der Waals surface area contributed by atoms with E-state index in [2.05, 4.69) is 12.2 Å². The summed E-state index contributed by atoms with van der Waals surface area (Å²) in [7, 11) is 0. The van der Waals surface area contributed by atoms with Crippen LogP contribution in [-0.2, 0) is 17.8 Å². The van der Waals surface area contributed by atoms with Crippen LogP contribution >= 0.6 is 11.8 Å². The first kappa shape index (κ1) is 17.2. The van der Waals surface area contributed by atoms with E-state index in [0.29, 0.717) is 5.56 Å². The van der Waals surface area contributed by atoms with Crippen LogP contribution in [0.4, 0.5) is 10.5 Å². The van der Waals surface area contributed by atoms with E-state index in [1.165, 1.54) is 10.5 Å². The molecular formula is C19H18N2O3S. The summed E-state index contributed by atoms with van der Waals surface area (Å²) in [5.74, 6) is -0.229. The van der Waals surface area contributed by atoms with Gasteiger partial charge < -0.3 is 5.32 Å². The van der Waals surface area contributed by atoms with E-state index >= 15 is 0 Å². The van der Waals surface area contributed by atoms with Gasteiger partial charge in [0, 0.05) is 11.3 Å². The van der Waals surface area contributed by atoms with Gasteiger partial charge in [0.1, 0.15) is 0 Å². The second-order valence-electron chi connectivity index (χ2n) is 5.74. The van der Waals surface area contributed by atoms with Gasteiger partial charge in [-0.3, -0.25) is 19.3 Å². The molecule has 0 aliphatic carbocycles. The van der Waals surface area contributed by atoms with Gasteiger partial charge in [-0.1, -0.05) is 43.0 Å². The molecule has 2 aromatic rings. The maximum Gasteiger partial charge on any atom is 0.289 e. The molecule has 1 aliphatic rings. The van der Waals surface area contributed by atoms with Crippen molar-refractivity contribution in [1.29, 1.82) is 0 Å². The SMILES string of the molecule is CCc1ccc(NC(=O)c2cccc(CN3C(=O)CSC3=O)c2)cc1. The number of amides is 3. The molecule has 3 amide bonds. The summed E-state index contributed by atoms with van der Waals surface area (Å²) in [6.07, 6.45) is 0.947. The third kappa shape index (κ3) is 4.09. The zero-order valence-electron chi connectivity index (χ0n) is 13.8. The first-order valence-corrected chi connectivity index (χ1v) is 9.01. The Hall–Kier alpha value is -2.60. The van der Waals surface area contributed by atoms with E-state index in [-0.39, 0.29) is 29.4 Å². The Bertz CT molecular complexity index is 802. The standard InChI is InChI=1S/C19H18N2O3S/c1-2-13-6-8-16(9-7-13)20-18(23)15-5-3-4-14(10-15)11-21-17(22)12-25-19(21)24/h3-10H,2,11-12H2,1H3,(H,20,23). The minimum atomic E-state index is -0.240. The van der Waals surface area contributed by atoms with Crippen LogP contribution in [0.15, 0.2) is 48.5 Å². The number of carbonyl (C=O) groups is 3. The summed E-state index contributed by atoms with van der Waals surface area (Å²) >= 11 is 1.01. The molecule has 5 nitrogen and oxygen atoms in total. The lowest BCUT2D eigenvalue weighted by molar-refractivity contribution is -0.125. The molecule has 0 unspecified atom stereocenters. The molecule has 1 heterocycles. The van der Waals surface area contributed by atoms with E-state index in [1.54, 1.807) is 24.3 Å². The van der Waals surface area contributed by atoms with Crippen molar-refractivity contribution in [3.05, 3.63) is 65.2 Å². The molecule has 1 saturated heterocycles. The van der Waals surface area contributed by atoms with Crippen LogP contribution < -0.4 is 5.32 Å². The zero-order chi connectivity index (χ0) is 17.8. The number of nitrogens with one attached hydrogen (secondary N) is 1. The number of hydrogen-bond acceptors (Lipinski definition) is 4. The highest BCUT2D eigenvalue weighted by molar-refractivity contribution is 8.14. The van der Waals surface area contributed by atoms with E-state index in [4.69, 9.17) is 0 Å². The summed E-state index contributed by atoms with van der Waals surface area (Å²) in [6.45, 7) is 2.27. The van der Waals surface area contributed by atoms with Crippen LogP contribution in [0.5, 0.6) is 0 Å². The summed E-state index contributed by atoms with van der Waals surface area (Å²) in [4.78, 5) is 37.0. The van der Waals surface area contributed by atoms with E-state index in [1.807, 2.05) is 24.3 Å². The van der Waals surface area contributed by atoms with Crippen molar-refractivity contribution in [3.8, 4) is 0 Å². The normalized spacial score (nSPS) is 14.0. The monoisotopic (exact) mass is 354 g/mol. The molecule has 1 fully saturated rings. The topological polar surface area (TPSA) is 66.5 Å². The van der Waals surface area contributed by atoms with Gasteiger partial charge in [-0.15, -0.1) is 0 Å². The average molecular weight is 354 g/mol. The first-order valence-electron chi connectivity index (χ1n) is 8.03. The average Bonchev–Trinajstić information content (AvgIpc) is 2.94. The molecule has 3 rings (SSSR count). The molecule has 6 heteroatoms. The van der Waals surface area contributed by atoms with Crippen molar-refractivity contribution in [2.45, 2.75) is 19.9 Å². The number of anilines is 1. The Kier molecular flexibility index (Phi) is 5.19. The highest BCUT2D eigenvalue weighted by atomic mass is 32.2. The predicted molar refractivity (Wildman–Crippen MR) is 98.6 cm³/mol. The van der Waals surface area contributed by atoms with Crippen LogP contribution in [0.2, 0.25) is 0 Å². The van der Waals surface area contributed by atoms with Crippen LogP contribution in [-0.4, -0.2) is 27.7 Å². The molecule has 0 radical (unpaired) electrons. The molecule has 0 aromatic heterocycles. The van der Waals surface area contributed by atoms with Gasteiger partial charge in [0.25, 0.3) is 11.1 Å². The van der Waals surface area contributed by atoms with Gasteiger partial charge in [-0.25, -0.2) is 0 Å².